The van der Waals surface area contributed by atoms with Crippen molar-refractivity contribution in [2.75, 3.05) is 36.1 Å². The number of hydrogen-bond acceptors (Lipinski definition) is 7. The van der Waals surface area contributed by atoms with E-state index in [1.54, 1.807) is 0 Å². The number of hydrogen-bond donors (Lipinski definition) is 1. The van der Waals surface area contributed by atoms with Gasteiger partial charge in [0.1, 0.15) is 17.5 Å². The van der Waals surface area contributed by atoms with Crippen LogP contribution in [0.4, 0.5) is 17.3 Å². The Hall–Kier alpha value is -2.59. The van der Waals surface area contributed by atoms with Gasteiger partial charge in [-0.15, -0.1) is 0 Å². The van der Waals surface area contributed by atoms with Crippen LogP contribution in [-0.2, 0) is 20.2 Å². The van der Waals surface area contributed by atoms with Crippen LogP contribution >= 0.6 is 0 Å². The standard InChI is InChI=1S/C22H28N6O3S/c1-14-10-20(26-21(24-14)16-4-8-27(9-5-16)32(3,30)31)28-13-22(6-7-22)17-12-23-19(11-18(17)28)25-15(2)29/h10-12,16H,4-9,13H2,1-3H3,(H,23,25,29). The molecular weight excluding hydrogens is 428 g/mol. The number of nitrogens with zero attached hydrogens (tertiary/aromatic N) is 5. The molecule has 2 aromatic rings. The lowest BCUT2D eigenvalue weighted by Crippen LogP contribution is -2.37. The monoisotopic (exact) mass is 456 g/mol. The minimum atomic E-state index is -3.16. The minimum absolute atomic E-state index is 0.122. The number of sulfonamides is 1. The van der Waals surface area contributed by atoms with Crippen LogP contribution in [-0.4, -0.2) is 59.5 Å². The smallest absolute Gasteiger partial charge is 0.222 e. The molecule has 1 saturated heterocycles. The average Bonchev–Trinajstić information content (AvgIpc) is 3.43. The van der Waals surface area contributed by atoms with E-state index in [1.807, 2.05) is 25.3 Å². The van der Waals surface area contributed by atoms with E-state index >= 15 is 0 Å². The molecule has 32 heavy (non-hydrogen) atoms. The van der Waals surface area contributed by atoms with E-state index in [0.717, 1.165) is 42.4 Å². The summed E-state index contributed by atoms with van der Waals surface area (Å²) in [6.07, 6.45) is 6.83. The number of amides is 1. The summed E-state index contributed by atoms with van der Waals surface area (Å²) in [7, 11) is -3.16. The number of nitrogens with one attached hydrogen (secondary N) is 1. The van der Waals surface area contributed by atoms with Crippen molar-refractivity contribution >= 4 is 33.3 Å². The third-order valence-corrected chi connectivity index (χ3v) is 8.09. The van der Waals surface area contributed by atoms with Crippen LogP contribution in [0.3, 0.4) is 0 Å². The van der Waals surface area contributed by atoms with Crippen molar-refractivity contribution in [3.8, 4) is 0 Å². The normalized spacial score (nSPS) is 20.4. The first-order valence-corrected chi connectivity index (χ1v) is 12.9. The molecule has 0 unspecified atom stereocenters. The number of aromatic nitrogens is 3. The van der Waals surface area contributed by atoms with E-state index < -0.39 is 10.0 Å². The van der Waals surface area contributed by atoms with E-state index in [2.05, 4.69) is 15.2 Å². The summed E-state index contributed by atoms with van der Waals surface area (Å²) in [6.45, 7) is 5.29. The van der Waals surface area contributed by atoms with Gasteiger partial charge < -0.3 is 10.2 Å². The van der Waals surface area contributed by atoms with Crippen molar-refractivity contribution in [1.29, 1.82) is 0 Å². The summed E-state index contributed by atoms with van der Waals surface area (Å²) in [4.78, 5) is 27.8. The molecule has 10 heteroatoms. The average molecular weight is 457 g/mol. The predicted molar refractivity (Wildman–Crippen MR) is 122 cm³/mol. The van der Waals surface area contributed by atoms with Crippen LogP contribution in [0.25, 0.3) is 0 Å². The zero-order chi connectivity index (χ0) is 22.7. The van der Waals surface area contributed by atoms with E-state index in [4.69, 9.17) is 9.97 Å². The molecule has 5 rings (SSSR count). The van der Waals surface area contributed by atoms with Gasteiger partial charge in [0, 0.05) is 67.5 Å². The quantitative estimate of drug-likeness (QED) is 0.753. The first kappa shape index (κ1) is 21.3. The molecule has 4 heterocycles. The second-order valence-corrected chi connectivity index (χ2v) is 11.3. The molecule has 0 radical (unpaired) electrons. The lowest BCUT2D eigenvalue weighted by molar-refractivity contribution is -0.114. The van der Waals surface area contributed by atoms with Crippen molar-refractivity contribution in [3.63, 3.8) is 0 Å². The summed E-state index contributed by atoms with van der Waals surface area (Å²) < 4.78 is 25.2. The van der Waals surface area contributed by atoms with E-state index in [1.165, 1.54) is 23.0 Å². The van der Waals surface area contributed by atoms with Crippen molar-refractivity contribution in [2.24, 2.45) is 0 Å². The van der Waals surface area contributed by atoms with Crippen molar-refractivity contribution < 1.29 is 13.2 Å². The Bertz CT molecular complexity index is 1190. The van der Waals surface area contributed by atoms with Gasteiger partial charge in [0.15, 0.2) is 0 Å². The third kappa shape index (κ3) is 3.86. The maximum Gasteiger partial charge on any atom is 0.222 e. The molecule has 1 saturated carbocycles. The third-order valence-electron chi connectivity index (χ3n) is 6.79. The summed E-state index contributed by atoms with van der Waals surface area (Å²) in [6, 6.07) is 3.93. The number of carbonyl (C=O) groups is 1. The van der Waals surface area contributed by atoms with Gasteiger partial charge in [-0.3, -0.25) is 4.79 Å². The Kier molecular flexibility index (Phi) is 4.97. The second kappa shape index (κ2) is 7.48. The molecule has 0 aromatic carbocycles. The first-order chi connectivity index (χ1) is 15.1. The first-order valence-electron chi connectivity index (χ1n) is 11.0. The molecule has 170 valence electrons. The van der Waals surface area contributed by atoms with E-state index in [9.17, 15) is 13.2 Å². The highest BCUT2D eigenvalue weighted by molar-refractivity contribution is 7.88. The second-order valence-electron chi connectivity index (χ2n) is 9.30. The Labute approximate surface area is 188 Å². The highest BCUT2D eigenvalue weighted by Gasteiger charge is 2.52. The summed E-state index contributed by atoms with van der Waals surface area (Å²) in [5.41, 5.74) is 3.27. The lowest BCUT2D eigenvalue weighted by Gasteiger charge is -2.30. The Balaban J connectivity index is 1.45. The van der Waals surface area contributed by atoms with Gasteiger partial charge in [0.25, 0.3) is 0 Å². The van der Waals surface area contributed by atoms with Gasteiger partial charge >= 0.3 is 0 Å². The van der Waals surface area contributed by atoms with Crippen LogP contribution in [0.1, 0.15) is 55.6 Å². The number of anilines is 3. The maximum atomic E-state index is 11.8. The molecule has 0 bridgehead atoms. The van der Waals surface area contributed by atoms with Gasteiger partial charge in [-0.1, -0.05) is 0 Å². The van der Waals surface area contributed by atoms with Gasteiger partial charge in [-0.05, 0) is 32.6 Å². The Morgan fingerprint density at radius 2 is 1.91 bits per heavy atom. The highest BCUT2D eigenvalue weighted by atomic mass is 32.2. The topological polar surface area (TPSA) is 108 Å². The molecule has 0 atom stereocenters. The van der Waals surface area contributed by atoms with E-state index in [-0.39, 0.29) is 17.2 Å². The maximum absolute atomic E-state index is 11.8. The van der Waals surface area contributed by atoms with Crippen LogP contribution in [0, 0.1) is 6.92 Å². The summed E-state index contributed by atoms with van der Waals surface area (Å²) in [5.74, 6) is 2.16. The number of aryl methyl sites for hydroxylation is 1. The fourth-order valence-corrected chi connectivity index (χ4v) is 5.80. The fourth-order valence-electron chi connectivity index (χ4n) is 4.92. The molecular formula is C22H28N6O3S. The summed E-state index contributed by atoms with van der Waals surface area (Å²) >= 11 is 0. The highest BCUT2D eigenvalue weighted by Crippen LogP contribution is 2.58. The predicted octanol–water partition coefficient (Wildman–Crippen LogP) is 2.46. The lowest BCUT2D eigenvalue weighted by atomic mass is 9.97. The van der Waals surface area contributed by atoms with Crippen LogP contribution in [0.2, 0.25) is 0 Å². The number of rotatable bonds is 4. The number of piperidine rings is 1. The molecule has 2 fully saturated rings. The van der Waals surface area contributed by atoms with Crippen LogP contribution in [0.5, 0.6) is 0 Å². The summed E-state index contributed by atoms with van der Waals surface area (Å²) in [5, 5.41) is 2.78. The van der Waals surface area contributed by atoms with Crippen molar-refractivity contribution in [3.05, 3.63) is 35.4 Å². The van der Waals surface area contributed by atoms with E-state index in [0.29, 0.717) is 31.7 Å². The zero-order valence-corrected chi connectivity index (χ0v) is 19.4. The Morgan fingerprint density at radius 3 is 2.53 bits per heavy atom. The molecule has 1 amide bonds. The van der Waals surface area contributed by atoms with Gasteiger partial charge in [-0.25, -0.2) is 27.7 Å². The van der Waals surface area contributed by atoms with Crippen LogP contribution < -0.4 is 10.2 Å². The van der Waals surface area contributed by atoms with Crippen LogP contribution in [0.15, 0.2) is 18.3 Å². The molecule has 1 spiro atoms. The molecule has 2 aromatic heterocycles. The van der Waals surface area contributed by atoms with Crippen molar-refractivity contribution in [2.45, 2.75) is 50.9 Å². The number of fused-ring (bicyclic) bond motifs is 2. The molecule has 2 aliphatic heterocycles. The number of pyridine rings is 1. The van der Waals surface area contributed by atoms with Gasteiger partial charge in [0.2, 0.25) is 15.9 Å². The molecule has 1 aliphatic carbocycles. The zero-order valence-electron chi connectivity index (χ0n) is 18.6. The number of carbonyl (C=O) groups excluding carboxylic acids is 1. The molecule has 1 N–H and O–H groups in total. The fraction of sp³-hybridized carbons (Fsp3) is 0.545. The molecule has 9 nitrogen and oxygen atoms in total. The SMILES string of the molecule is CC(=O)Nc1cc2c(cn1)C1(CC1)CN2c1cc(C)nc(C2CCN(S(C)(=O)=O)CC2)n1. The van der Waals surface area contributed by atoms with Crippen molar-refractivity contribution in [1.82, 2.24) is 19.3 Å². The Morgan fingerprint density at radius 1 is 1.19 bits per heavy atom. The van der Waals surface area contributed by atoms with Gasteiger partial charge in [0.05, 0.1) is 11.9 Å². The van der Waals surface area contributed by atoms with Gasteiger partial charge in [-0.2, -0.15) is 0 Å². The largest absolute Gasteiger partial charge is 0.325 e. The minimum Gasteiger partial charge on any atom is -0.325 e. The molecule has 3 aliphatic rings.